The molecular formula is C24H26N4O4S. The normalized spacial score (nSPS) is 16.0. The van der Waals surface area contributed by atoms with Crippen LogP contribution in [0, 0.1) is 15.5 Å². The van der Waals surface area contributed by atoms with Gasteiger partial charge >= 0.3 is 5.97 Å². The van der Waals surface area contributed by atoms with Gasteiger partial charge in [0.1, 0.15) is 17.2 Å². The molecule has 0 radical (unpaired) electrons. The molecule has 2 heterocycles. The number of H-pyrrole nitrogens is 1. The minimum Gasteiger partial charge on any atom is -0.463 e. The minimum atomic E-state index is -0.554. The number of aromatic nitrogens is 1. The van der Waals surface area contributed by atoms with E-state index in [9.17, 15) is 14.9 Å². The first-order valence-corrected chi connectivity index (χ1v) is 11.7. The van der Waals surface area contributed by atoms with Crippen LogP contribution in [0.25, 0.3) is 10.9 Å². The summed E-state index contributed by atoms with van der Waals surface area (Å²) in [5.74, 6) is 0.435. The molecule has 3 aromatic rings. The standard InChI is InChI=1S/C24H26N4O4S/c1-24(2,3)23(29)32-13-18-14-33-22(26-18)19-11-16-9-15(10-20(28(30)31)21(16)27-19)12-25-17-7-5-4-6-8-17/h4-11,18,25,27H,12-14H2,1-3H3/t18-/m1/s1. The largest absolute Gasteiger partial charge is 0.463 e. The Hall–Kier alpha value is -3.33. The first-order valence-electron chi connectivity index (χ1n) is 10.7. The molecule has 0 fully saturated rings. The second-order valence-electron chi connectivity index (χ2n) is 8.99. The lowest BCUT2D eigenvalue weighted by atomic mass is 9.97. The van der Waals surface area contributed by atoms with Crippen molar-refractivity contribution in [3.05, 3.63) is 69.9 Å². The zero-order chi connectivity index (χ0) is 23.6. The van der Waals surface area contributed by atoms with Crippen LogP contribution in [0.5, 0.6) is 0 Å². The highest BCUT2D eigenvalue weighted by Gasteiger charge is 2.27. The number of carbonyl (C=O) groups excluding carboxylic acids is 1. The zero-order valence-electron chi connectivity index (χ0n) is 18.8. The molecule has 0 spiro atoms. The summed E-state index contributed by atoms with van der Waals surface area (Å²) >= 11 is 1.55. The van der Waals surface area contributed by atoms with Gasteiger partial charge in [-0.25, -0.2) is 0 Å². The first kappa shape index (κ1) is 22.8. The van der Waals surface area contributed by atoms with Crippen molar-refractivity contribution in [1.82, 2.24) is 4.98 Å². The van der Waals surface area contributed by atoms with Gasteiger partial charge in [-0.3, -0.25) is 19.9 Å². The van der Waals surface area contributed by atoms with Crippen molar-refractivity contribution in [2.45, 2.75) is 33.4 Å². The summed E-state index contributed by atoms with van der Waals surface area (Å²) < 4.78 is 5.40. The lowest BCUT2D eigenvalue weighted by Gasteiger charge is -2.17. The lowest BCUT2D eigenvalue weighted by molar-refractivity contribution is -0.383. The fraction of sp³-hybridized carbons (Fsp3) is 0.333. The van der Waals surface area contributed by atoms with E-state index in [0.717, 1.165) is 27.4 Å². The van der Waals surface area contributed by atoms with Crippen molar-refractivity contribution in [2.75, 3.05) is 17.7 Å². The number of hydrogen-bond donors (Lipinski definition) is 2. The Bertz CT molecular complexity index is 1210. The molecule has 4 rings (SSSR count). The molecule has 2 aromatic carbocycles. The number of esters is 1. The molecule has 0 aliphatic carbocycles. The molecule has 0 bridgehead atoms. The second kappa shape index (κ2) is 9.27. The van der Waals surface area contributed by atoms with E-state index in [1.54, 1.807) is 17.8 Å². The molecule has 0 unspecified atom stereocenters. The van der Waals surface area contributed by atoms with Crippen molar-refractivity contribution in [2.24, 2.45) is 10.4 Å². The monoisotopic (exact) mass is 466 g/mol. The number of non-ortho nitro benzene ring substituents is 1. The summed E-state index contributed by atoms with van der Waals surface area (Å²) in [6.07, 6.45) is 0. The maximum atomic E-state index is 12.0. The van der Waals surface area contributed by atoms with E-state index < -0.39 is 5.41 Å². The van der Waals surface area contributed by atoms with E-state index in [1.807, 2.05) is 63.2 Å². The van der Waals surface area contributed by atoms with E-state index in [4.69, 9.17) is 4.74 Å². The number of benzene rings is 2. The number of anilines is 1. The molecule has 33 heavy (non-hydrogen) atoms. The minimum absolute atomic E-state index is 0.0304. The number of nitro groups is 1. The number of para-hydroxylation sites is 1. The predicted octanol–water partition coefficient (Wildman–Crippen LogP) is 5.14. The maximum absolute atomic E-state index is 12.0. The number of nitrogens with zero attached hydrogens (tertiary/aromatic N) is 2. The van der Waals surface area contributed by atoms with E-state index >= 15 is 0 Å². The van der Waals surface area contributed by atoms with Crippen LogP contribution in [0.3, 0.4) is 0 Å². The highest BCUT2D eigenvalue weighted by atomic mass is 32.2. The number of rotatable bonds is 7. The van der Waals surface area contributed by atoms with Gasteiger partial charge in [-0.2, -0.15) is 0 Å². The number of carbonyl (C=O) groups is 1. The zero-order valence-corrected chi connectivity index (χ0v) is 19.6. The average Bonchev–Trinajstić information content (AvgIpc) is 3.42. The molecule has 172 valence electrons. The fourth-order valence-corrected chi connectivity index (χ4v) is 4.45. The summed E-state index contributed by atoms with van der Waals surface area (Å²) in [4.78, 5) is 31.2. The lowest BCUT2D eigenvalue weighted by Crippen LogP contribution is -2.26. The third-order valence-corrected chi connectivity index (χ3v) is 6.35. The van der Waals surface area contributed by atoms with Crippen LogP contribution in [0.4, 0.5) is 11.4 Å². The molecule has 1 aromatic heterocycles. The van der Waals surface area contributed by atoms with Gasteiger partial charge < -0.3 is 15.0 Å². The van der Waals surface area contributed by atoms with Crippen LogP contribution >= 0.6 is 11.8 Å². The summed E-state index contributed by atoms with van der Waals surface area (Å²) in [6.45, 7) is 6.14. The molecule has 2 N–H and O–H groups in total. The Balaban J connectivity index is 1.54. The van der Waals surface area contributed by atoms with Crippen LogP contribution < -0.4 is 5.32 Å². The van der Waals surface area contributed by atoms with Gasteiger partial charge in [0.05, 0.1) is 22.1 Å². The van der Waals surface area contributed by atoms with E-state index in [1.165, 1.54) is 0 Å². The van der Waals surface area contributed by atoms with E-state index in [2.05, 4.69) is 15.3 Å². The number of hydrogen-bond acceptors (Lipinski definition) is 7. The van der Waals surface area contributed by atoms with Gasteiger partial charge in [0.25, 0.3) is 5.69 Å². The van der Waals surface area contributed by atoms with Crippen molar-refractivity contribution in [1.29, 1.82) is 0 Å². The highest BCUT2D eigenvalue weighted by Crippen LogP contribution is 2.31. The second-order valence-corrected chi connectivity index (χ2v) is 10.00. The van der Waals surface area contributed by atoms with Gasteiger partial charge in [0, 0.05) is 29.4 Å². The van der Waals surface area contributed by atoms with Crippen LogP contribution in [0.15, 0.2) is 53.5 Å². The predicted molar refractivity (Wildman–Crippen MR) is 132 cm³/mol. The molecule has 1 aliphatic rings. The molecule has 0 saturated carbocycles. The molecule has 1 aliphatic heterocycles. The molecule has 0 amide bonds. The number of ether oxygens (including phenoxy) is 1. The van der Waals surface area contributed by atoms with Crippen LogP contribution in [0.1, 0.15) is 32.0 Å². The van der Waals surface area contributed by atoms with Gasteiger partial charge in [-0.15, -0.1) is 11.8 Å². The Labute approximate surface area is 196 Å². The summed E-state index contributed by atoms with van der Waals surface area (Å²) in [6, 6.07) is 15.0. The van der Waals surface area contributed by atoms with Crippen molar-refractivity contribution in [3.63, 3.8) is 0 Å². The van der Waals surface area contributed by atoms with Crippen molar-refractivity contribution < 1.29 is 14.5 Å². The van der Waals surface area contributed by atoms with Crippen LogP contribution in [-0.2, 0) is 16.1 Å². The fourth-order valence-electron chi connectivity index (χ4n) is 3.44. The Morgan fingerprint density at radius 3 is 2.73 bits per heavy atom. The molecule has 8 nitrogen and oxygen atoms in total. The number of fused-ring (bicyclic) bond motifs is 1. The van der Waals surface area contributed by atoms with Gasteiger partial charge in [-0.05, 0) is 50.6 Å². The number of aromatic amines is 1. The van der Waals surface area contributed by atoms with Crippen molar-refractivity contribution >= 4 is 45.1 Å². The third-order valence-electron chi connectivity index (χ3n) is 5.20. The smallest absolute Gasteiger partial charge is 0.311 e. The summed E-state index contributed by atoms with van der Waals surface area (Å²) in [7, 11) is 0. The summed E-state index contributed by atoms with van der Waals surface area (Å²) in [5.41, 5.74) is 2.45. The SMILES string of the molecule is CC(C)(C)C(=O)OC[C@@H]1CSC(c2cc3cc(CNc4ccccc4)cc([N+](=O)[O-])c3[nH]2)=N1. The van der Waals surface area contributed by atoms with Crippen LogP contribution in [0.2, 0.25) is 0 Å². The molecule has 9 heteroatoms. The first-order chi connectivity index (χ1) is 15.7. The highest BCUT2D eigenvalue weighted by molar-refractivity contribution is 8.14. The number of aliphatic imine (C=N–C) groups is 1. The van der Waals surface area contributed by atoms with Crippen molar-refractivity contribution in [3.8, 4) is 0 Å². The number of nitrogens with one attached hydrogen (secondary N) is 2. The Morgan fingerprint density at radius 1 is 1.27 bits per heavy atom. The quantitative estimate of drug-likeness (QED) is 0.283. The number of nitro benzene ring substituents is 1. The van der Waals surface area contributed by atoms with Gasteiger partial charge in [0.15, 0.2) is 0 Å². The van der Waals surface area contributed by atoms with E-state index in [-0.39, 0.29) is 29.2 Å². The van der Waals surface area contributed by atoms with Gasteiger partial charge in [0.2, 0.25) is 0 Å². The topological polar surface area (TPSA) is 110 Å². The third kappa shape index (κ3) is 5.36. The summed E-state index contributed by atoms with van der Waals surface area (Å²) in [5, 5.41) is 16.6. The van der Waals surface area contributed by atoms with E-state index in [0.29, 0.717) is 17.8 Å². The average molecular weight is 467 g/mol. The maximum Gasteiger partial charge on any atom is 0.311 e. The molecule has 1 atom stereocenters. The molecular weight excluding hydrogens is 440 g/mol. The molecule has 0 saturated heterocycles. The number of thioether (sulfide) groups is 1. The van der Waals surface area contributed by atoms with Crippen LogP contribution in [-0.4, -0.2) is 39.3 Å². The Kier molecular flexibility index (Phi) is 6.42. The van der Waals surface area contributed by atoms with Gasteiger partial charge in [-0.1, -0.05) is 18.2 Å². The Morgan fingerprint density at radius 2 is 2.03 bits per heavy atom.